The zero-order valence-electron chi connectivity index (χ0n) is 22.7. The number of amides is 3. The van der Waals surface area contributed by atoms with Gasteiger partial charge in [-0.25, -0.2) is 4.79 Å². The lowest BCUT2D eigenvalue weighted by molar-refractivity contribution is -0.266. The second-order valence-corrected chi connectivity index (χ2v) is 10.7. The molecule has 39 heavy (non-hydrogen) atoms. The molecule has 0 N–H and O–H groups in total. The highest BCUT2D eigenvalue weighted by Crippen LogP contribution is 2.30. The Morgan fingerprint density at radius 1 is 0.974 bits per heavy atom. The minimum Gasteiger partial charge on any atom is -0.443 e. The van der Waals surface area contributed by atoms with E-state index in [-0.39, 0.29) is 31.4 Å². The molecule has 0 saturated carbocycles. The summed E-state index contributed by atoms with van der Waals surface area (Å²) in [4.78, 5) is 49.8. The van der Waals surface area contributed by atoms with Gasteiger partial charge in [-0.15, -0.1) is 0 Å². The van der Waals surface area contributed by atoms with E-state index in [0.29, 0.717) is 12.5 Å². The van der Waals surface area contributed by atoms with Crippen LogP contribution in [0.2, 0.25) is 0 Å². The molecule has 5 rings (SSSR count). The van der Waals surface area contributed by atoms with Crippen molar-refractivity contribution in [2.75, 3.05) is 13.1 Å². The number of carbonyl (C=O) groups excluding carboxylic acids is 3. The number of hydrogen-bond donors (Lipinski definition) is 0. The molecule has 0 bridgehead atoms. The third-order valence-corrected chi connectivity index (χ3v) is 7.48. The Labute approximate surface area is 229 Å². The monoisotopic (exact) mass is 529 g/mol. The van der Waals surface area contributed by atoms with E-state index in [1.165, 1.54) is 9.96 Å². The average molecular weight is 530 g/mol. The van der Waals surface area contributed by atoms with Crippen molar-refractivity contribution in [3.05, 3.63) is 83.9 Å². The van der Waals surface area contributed by atoms with E-state index in [9.17, 15) is 14.4 Å². The van der Waals surface area contributed by atoms with Crippen molar-refractivity contribution in [1.82, 2.24) is 14.9 Å². The molecular formula is C31H35N3O5. The highest BCUT2D eigenvalue weighted by molar-refractivity contribution is 5.92. The molecule has 204 valence electrons. The second kappa shape index (κ2) is 11.5. The molecule has 2 aliphatic rings. The van der Waals surface area contributed by atoms with Crippen molar-refractivity contribution < 1.29 is 24.0 Å². The molecule has 3 amide bonds. The van der Waals surface area contributed by atoms with E-state index in [1.807, 2.05) is 72.8 Å². The maximum Gasteiger partial charge on any atom is 0.436 e. The van der Waals surface area contributed by atoms with Crippen molar-refractivity contribution in [2.24, 2.45) is 5.92 Å². The van der Waals surface area contributed by atoms with Crippen LogP contribution in [0.15, 0.2) is 72.8 Å². The first kappa shape index (κ1) is 26.7. The van der Waals surface area contributed by atoms with Crippen molar-refractivity contribution in [2.45, 2.75) is 58.5 Å². The summed E-state index contributed by atoms with van der Waals surface area (Å²) in [5.41, 5.74) is 1.77. The van der Waals surface area contributed by atoms with E-state index in [1.54, 1.807) is 11.8 Å². The van der Waals surface area contributed by atoms with Crippen LogP contribution in [0.1, 0.15) is 38.3 Å². The van der Waals surface area contributed by atoms with Crippen molar-refractivity contribution in [1.29, 1.82) is 0 Å². The Hall–Kier alpha value is -3.91. The van der Waals surface area contributed by atoms with E-state index in [0.717, 1.165) is 28.3 Å². The predicted octanol–water partition coefficient (Wildman–Crippen LogP) is 4.77. The minimum atomic E-state index is -0.953. The van der Waals surface area contributed by atoms with Crippen LogP contribution < -0.4 is 0 Å². The van der Waals surface area contributed by atoms with Crippen LogP contribution in [0, 0.1) is 5.92 Å². The van der Waals surface area contributed by atoms with Gasteiger partial charge in [0.05, 0.1) is 6.54 Å². The average Bonchev–Trinajstić information content (AvgIpc) is 2.94. The fourth-order valence-electron chi connectivity index (χ4n) is 5.31. The highest BCUT2D eigenvalue weighted by Gasteiger charge is 2.52. The second-order valence-electron chi connectivity index (χ2n) is 10.7. The fraction of sp³-hybridized carbons (Fsp3) is 0.387. The standard InChI is InChI=1S/C31H35N3O5/c1-21(2)16-17-32-19-28-33(22(3)29(32)35)30(36)27(18-23-10-5-4-6-11-23)39-34(28)31(37)38-20-25-14-9-13-24-12-7-8-15-26(24)25/h4-15,21-22,27-28H,16-20H2,1-3H3/t22-,27+,28?/m0/s1. The van der Waals surface area contributed by atoms with Gasteiger partial charge in [-0.2, -0.15) is 5.06 Å². The van der Waals surface area contributed by atoms with Crippen molar-refractivity contribution in [3.63, 3.8) is 0 Å². The maximum absolute atomic E-state index is 13.6. The fourth-order valence-corrected chi connectivity index (χ4v) is 5.31. The third-order valence-electron chi connectivity index (χ3n) is 7.48. The summed E-state index contributed by atoms with van der Waals surface area (Å²) in [5.74, 6) is -0.0108. The van der Waals surface area contributed by atoms with E-state index in [2.05, 4.69) is 13.8 Å². The quantitative estimate of drug-likeness (QED) is 0.441. The summed E-state index contributed by atoms with van der Waals surface area (Å²) in [6.07, 6.45) is -1.32. The number of benzene rings is 3. The Kier molecular flexibility index (Phi) is 7.84. The lowest BCUT2D eigenvalue weighted by atomic mass is 10.0. The molecule has 2 saturated heterocycles. The Bertz CT molecular complexity index is 1340. The number of hydrogen-bond acceptors (Lipinski definition) is 5. The number of ether oxygens (including phenoxy) is 1. The van der Waals surface area contributed by atoms with Crippen LogP contribution >= 0.6 is 0 Å². The highest BCUT2D eigenvalue weighted by atomic mass is 16.7. The number of rotatable bonds is 7. The number of fused-ring (bicyclic) bond motifs is 2. The van der Waals surface area contributed by atoms with Crippen LogP contribution in [0.3, 0.4) is 0 Å². The van der Waals surface area contributed by atoms with Gasteiger partial charge in [0.1, 0.15) is 12.6 Å². The van der Waals surface area contributed by atoms with E-state index < -0.39 is 24.4 Å². The Morgan fingerprint density at radius 3 is 2.46 bits per heavy atom. The molecule has 2 fully saturated rings. The molecule has 8 nitrogen and oxygen atoms in total. The number of hydroxylamine groups is 2. The van der Waals surface area contributed by atoms with Gasteiger partial charge in [-0.1, -0.05) is 86.6 Å². The molecule has 1 unspecified atom stereocenters. The molecule has 0 aliphatic carbocycles. The molecule has 3 aromatic carbocycles. The molecule has 3 atom stereocenters. The van der Waals surface area contributed by atoms with Gasteiger partial charge in [0.25, 0.3) is 5.91 Å². The zero-order valence-corrected chi connectivity index (χ0v) is 22.7. The summed E-state index contributed by atoms with van der Waals surface area (Å²) in [6, 6.07) is 22.6. The topological polar surface area (TPSA) is 79.4 Å². The number of carbonyl (C=O) groups is 3. The SMILES string of the molecule is CC(C)CCN1CC2N(C(=O)OCc3cccc4ccccc34)O[C@H](Cc3ccccc3)C(=O)N2[C@@H](C)C1=O. The van der Waals surface area contributed by atoms with Crippen LogP contribution in [0.25, 0.3) is 10.8 Å². The molecule has 2 heterocycles. The van der Waals surface area contributed by atoms with Gasteiger partial charge in [0.15, 0.2) is 12.3 Å². The summed E-state index contributed by atoms with van der Waals surface area (Å²) in [5, 5.41) is 3.23. The molecule has 0 radical (unpaired) electrons. The minimum absolute atomic E-state index is 0.0512. The predicted molar refractivity (Wildman–Crippen MR) is 147 cm³/mol. The van der Waals surface area contributed by atoms with Crippen LogP contribution in [-0.4, -0.2) is 64.2 Å². The largest absolute Gasteiger partial charge is 0.443 e. The molecule has 2 aliphatic heterocycles. The lowest BCUT2D eigenvalue weighted by Gasteiger charge is -2.51. The number of nitrogens with zero attached hydrogens (tertiary/aromatic N) is 3. The smallest absolute Gasteiger partial charge is 0.436 e. The van der Waals surface area contributed by atoms with Crippen molar-refractivity contribution >= 4 is 28.7 Å². The Morgan fingerprint density at radius 2 is 1.69 bits per heavy atom. The van der Waals surface area contributed by atoms with Gasteiger partial charge in [0.2, 0.25) is 5.91 Å². The first-order chi connectivity index (χ1) is 18.8. The van der Waals surface area contributed by atoms with Crippen molar-refractivity contribution in [3.8, 4) is 0 Å². The summed E-state index contributed by atoms with van der Waals surface area (Å²) < 4.78 is 5.77. The molecular weight excluding hydrogens is 494 g/mol. The zero-order chi connectivity index (χ0) is 27.5. The van der Waals surface area contributed by atoms with E-state index >= 15 is 0 Å². The van der Waals surface area contributed by atoms with Crippen LogP contribution in [0.4, 0.5) is 4.79 Å². The summed E-state index contributed by atoms with van der Waals surface area (Å²) >= 11 is 0. The summed E-state index contributed by atoms with van der Waals surface area (Å²) in [6.45, 7) is 6.69. The maximum atomic E-state index is 13.6. The molecule has 0 spiro atoms. The van der Waals surface area contributed by atoms with Gasteiger partial charge in [-0.05, 0) is 41.2 Å². The first-order valence-corrected chi connectivity index (χ1v) is 13.6. The number of piperazine rings is 1. The third kappa shape index (κ3) is 5.61. The van der Waals surface area contributed by atoms with Gasteiger partial charge in [-0.3, -0.25) is 14.4 Å². The Balaban J connectivity index is 1.40. The van der Waals surface area contributed by atoms with Gasteiger partial charge in [0, 0.05) is 13.0 Å². The summed E-state index contributed by atoms with van der Waals surface area (Å²) in [7, 11) is 0. The van der Waals surface area contributed by atoms with Crippen LogP contribution in [0.5, 0.6) is 0 Å². The van der Waals surface area contributed by atoms with Gasteiger partial charge < -0.3 is 14.5 Å². The van der Waals surface area contributed by atoms with Crippen LogP contribution in [-0.2, 0) is 32.2 Å². The molecule has 8 heteroatoms. The lowest BCUT2D eigenvalue weighted by Crippen LogP contribution is -2.73. The molecule has 0 aromatic heterocycles. The van der Waals surface area contributed by atoms with E-state index in [4.69, 9.17) is 9.57 Å². The first-order valence-electron chi connectivity index (χ1n) is 13.6. The molecule has 3 aromatic rings. The van der Waals surface area contributed by atoms with Gasteiger partial charge >= 0.3 is 6.09 Å². The normalized spacial score (nSPS) is 21.4.